The van der Waals surface area contributed by atoms with Gasteiger partial charge in [0.2, 0.25) is 0 Å². The number of carbonyl (C=O) groups is 2. The van der Waals surface area contributed by atoms with Gasteiger partial charge in [0.15, 0.2) is 0 Å². The molecule has 0 atom stereocenters. The molecule has 0 aliphatic heterocycles. The predicted octanol–water partition coefficient (Wildman–Crippen LogP) is 5.97. The Hall–Kier alpha value is -3.32. The third-order valence-corrected chi connectivity index (χ3v) is 7.43. The van der Waals surface area contributed by atoms with Crippen molar-refractivity contribution in [3.05, 3.63) is 77.0 Å². The Morgan fingerprint density at radius 3 is 2.24 bits per heavy atom. The number of hydrogen-bond donors (Lipinski definition) is 1. The van der Waals surface area contributed by atoms with Gasteiger partial charge in [-0.3, -0.25) is 0 Å². The van der Waals surface area contributed by atoms with Crippen molar-refractivity contribution in [3.8, 4) is 22.8 Å². The van der Waals surface area contributed by atoms with Gasteiger partial charge in [0.05, 0.1) is 0 Å². The van der Waals surface area contributed by atoms with Gasteiger partial charge in [-0.25, -0.2) is 0 Å². The molecule has 37 heavy (non-hydrogen) atoms. The molecule has 0 aliphatic carbocycles. The number of ether oxygens (including phenoxy) is 2. The number of aliphatic carboxylic acids is 1. The van der Waals surface area contributed by atoms with Crippen molar-refractivity contribution in [2.75, 3.05) is 6.61 Å². The van der Waals surface area contributed by atoms with Crippen LogP contribution in [0.15, 0.2) is 54.6 Å². The molecule has 0 amide bonds. The maximum atomic E-state index is 12.8. The molecule has 2 aromatic carbocycles. The molecule has 0 bridgehead atoms. The summed E-state index contributed by atoms with van der Waals surface area (Å²) in [5, 5.41) is 9.78. The van der Waals surface area contributed by atoms with Crippen LogP contribution >= 0.6 is 0 Å². The number of hydrogen-bond acceptors (Lipinski definition) is 5. The summed E-state index contributed by atoms with van der Waals surface area (Å²) < 4.78 is 49.7. The molecule has 195 valence electrons. The Balaban J connectivity index is 1.54. The molecule has 0 saturated carbocycles. The monoisotopic (exact) mass is 576 g/mol. The van der Waals surface area contributed by atoms with Crippen LogP contribution in [0.2, 0.25) is 5.21 Å². The second-order valence-corrected chi connectivity index (χ2v) is 11.2. The molecule has 1 N–H and O–H groups in total. The first kappa shape index (κ1) is 28.3. The van der Waals surface area contributed by atoms with E-state index in [2.05, 4.69) is 4.98 Å². The number of carboxylic acid groups (broad SMARTS) is 1. The molecule has 0 spiro atoms. The van der Waals surface area contributed by atoms with E-state index in [1.165, 1.54) is 26.0 Å². The molecule has 6 nitrogen and oxygen atoms in total. The van der Waals surface area contributed by atoms with Crippen LogP contribution in [0.3, 0.4) is 0 Å². The maximum absolute atomic E-state index is 12.8. The number of aromatic nitrogens is 1. The van der Waals surface area contributed by atoms with Crippen molar-refractivity contribution < 1.29 is 37.3 Å². The first-order valence-corrected chi connectivity index (χ1v) is 13.6. The van der Waals surface area contributed by atoms with Gasteiger partial charge < -0.3 is 0 Å². The summed E-state index contributed by atoms with van der Waals surface area (Å²) in [6, 6.07) is 13.1. The SMILES string of the molecule is Cc1cc(OCC[As]C(=O)c2ccc(-c3ccc(C(F)(F)F)cc3)nc2C)ccc1OC(C)(C)C(=O)O. The van der Waals surface area contributed by atoms with Crippen LogP contribution in [0.1, 0.15) is 41.0 Å². The van der Waals surface area contributed by atoms with Crippen molar-refractivity contribution >= 4 is 26.3 Å². The first-order chi connectivity index (χ1) is 17.3. The fourth-order valence-corrected chi connectivity index (χ4v) is 4.98. The molecule has 10 heteroatoms. The van der Waals surface area contributed by atoms with Crippen molar-refractivity contribution in [2.45, 2.75) is 44.7 Å². The number of carbonyl (C=O) groups excluding carboxylic acids is 1. The van der Waals surface area contributed by atoms with Gasteiger partial charge in [0.1, 0.15) is 0 Å². The van der Waals surface area contributed by atoms with Crippen LogP contribution in [0.5, 0.6) is 11.5 Å². The third kappa shape index (κ3) is 7.35. The number of rotatable bonds is 10. The number of alkyl halides is 3. The first-order valence-electron chi connectivity index (χ1n) is 11.3. The van der Waals surface area contributed by atoms with Crippen molar-refractivity contribution in [1.29, 1.82) is 0 Å². The van der Waals surface area contributed by atoms with Gasteiger partial charge in [-0.1, -0.05) is 0 Å². The molecule has 1 heterocycles. The van der Waals surface area contributed by atoms with Crippen LogP contribution in [0.4, 0.5) is 13.2 Å². The summed E-state index contributed by atoms with van der Waals surface area (Å²) in [6.07, 6.45) is -4.40. The Labute approximate surface area is 219 Å². The molecule has 1 radical (unpaired) electrons. The van der Waals surface area contributed by atoms with E-state index < -0.39 is 39.1 Å². The van der Waals surface area contributed by atoms with E-state index in [9.17, 15) is 27.9 Å². The van der Waals surface area contributed by atoms with Crippen molar-refractivity contribution in [1.82, 2.24) is 4.98 Å². The number of pyridine rings is 1. The molecular weight excluding hydrogens is 550 g/mol. The molecular formula is C27H26AsF3NO5. The predicted molar refractivity (Wildman–Crippen MR) is 133 cm³/mol. The molecule has 0 unspecified atom stereocenters. The topological polar surface area (TPSA) is 85.7 Å². The molecule has 0 saturated heterocycles. The van der Waals surface area contributed by atoms with E-state index >= 15 is 0 Å². The molecule has 0 fully saturated rings. The van der Waals surface area contributed by atoms with E-state index in [0.29, 0.717) is 45.8 Å². The molecule has 0 aliphatic rings. The number of halogens is 3. The van der Waals surface area contributed by atoms with E-state index in [4.69, 9.17) is 9.47 Å². The van der Waals surface area contributed by atoms with Crippen molar-refractivity contribution in [3.63, 3.8) is 0 Å². The number of aryl methyl sites for hydroxylation is 2. The molecule has 3 rings (SSSR count). The van der Waals surface area contributed by atoms with Gasteiger partial charge in [0, 0.05) is 0 Å². The number of carboxylic acids is 1. The van der Waals surface area contributed by atoms with Crippen LogP contribution in [0.25, 0.3) is 11.3 Å². The van der Waals surface area contributed by atoms with E-state index in [1.807, 2.05) is 0 Å². The average Bonchev–Trinajstić information content (AvgIpc) is 2.82. The zero-order valence-electron chi connectivity index (χ0n) is 20.7. The Morgan fingerprint density at radius 1 is 1.00 bits per heavy atom. The summed E-state index contributed by atoms with van der Waals surface area (Å²) in [6.45, 7) is 6.77. The molecule has 1 aromatic heterocycles. The van der Waals surface area contributed by atoms with Crippen LogP contribution in [-0.4, -0.2) is 48.6 Å². The Kier molecular flexibility index (Phi) is 8.69. The van der Waals surface area contributed by atoms with Gasteiger partial charge in [-0.15, -0.1) is 0 Å². The third-order valence-electron chi connectivity index (χ3n) is 5.47. The zero-order chi connectivity index (χ0) is 27.4. The minimum absolute atomic E-state index is 0.0142. The summed E-state index contributed by atoms with van der Waals surface area (Å²) in [5.41, 5.74) is 0.689. The van der Waals surface area contributed by atoms with Gasteiger partial charge in [-0.2, -0.15) is 0 Å². The van der Waals surface area contributed by atoms with E-state index in [1.54, 1.807) is 44.2 Å². The fourth-order valence-electron chi connectivity index (χ4n) is 3.32. The minimum atomic E-state index is -4.40. The Morgan fingerprint density at radius 2 is 1.68 bits per heavy atom. The standard InChI is InChI=1S/C27H26AsF3NO5/c1-16-15-20(9-12-23(16)37-26(3,4)25(34)35)36-14-13-28-24(33)21-10-11-22(32-17(21)2)18-5-7-19(8-6-18)27(29,30)31/h5-12,15H,13-14H2,1-4H3,(H,34,35). The second kappa shape index (κ2) is 11.4. The van der Waals surface area contributed by atoms with Crippen LogP contribution in [-0.2, 0) is 11.0 Å². The van der Waals surface area contributed by atoms with Crippen LogP contribution in [0, 0.1) is 13.8 Å². The van der Waals surface area contributed by atoms with E-state index in [-0.39, 0.29) is 4.57 Å². The molecule has 3 aromatic rings. The summed E-state index contributed by atoms with van der Waals surface area (Å²) in [5.74, 6) is -0.0331. The quantitative estimate of drug-likeness (QED) is 0.237. The van der Waals surface area contributed by atoms with Gasteiger partial charge in [-0.05, 0) is 0 Å². The Bertz CT molecular complexity index is 1290. The second-order valence-electron chi connectivity index (χ2n) is 8.78. The van der Waals surface area contributed by atoms with Gasteiger partial charge >= 0.3 is 220 Å². The van der Waals surface area contributed by atoms with Gasteiger partial charge in [0.25, 0.3) is 0 Å². The average molecular weight is 576 g/mol. The number of nitrogens with zero attached hydrogens (tertiary/aromatic N) is 1. The summed E-state index contributed by atoms with van der Waals surface area (Å²) >= 11 is -0.711. The fraction of sp³-hybridized carbons (Fsp3) is 0.296. The van der Waals surface area contributed by atoms with E-state index in [0.717, 1.165) is 17.7 Å². The number of benzene rings is 2. The summed E-state index contributed by atoms with van der Waals surface area (Å²) in [4.78, 5) is 28.4. The zero-order valence-corrected chi connectivity index (χ0v) is 22.6. The normalized spacial score (nSPS) is 12.1. The van der Waals surface area contributed by atoms with Crippen molar-refractivity contribution in [2.24, 2.45) is 0 Å². The van der Waals surface area contributed by atoms with Crippen LogP contribution < -0.4 is 9.47 Å². The summed E-state index contributed by atoms with van der Waals surface area (Å²) in [7, 11) is 0.